The maximum absolute atomic E-state index is 6.57. The van der Waals surface area contributed by atoms with E-state index in [1.807, 2.05) is 0 Å². The van der Waals surface area contributed by atoms with Gasteiger partial charge in [-0.2, -0.15) is 0 Å². The molecule has 2 aliphatic rings. The molecular weight excluding hydrogens is 464 g/mol. The van der Waals surface area contributed by atoms with Gasteiger partial charge in [-0.3, -0.25) is 4.57 Å². The first kappa shape index (κ1) is 22.8. The van der Waals surface area contributed by atoms with Crippen LogP contribution in [-0.2, 0) is 5.41 Å². The summed E-state index contributed by atoms with van der Waals surface area (Å²) in [4.78, 5) is 5.21. The molecule has 186 valence electrons. The Morgan fingerprint density at radius 2 is 1.55 bits per heavy atom. The van der Waals surface area contributed by atoms with Gasteiger partial charge in [-0.1, -0.05) is 99.7 Å². The van der Waals surface area contributed by atoms with E-state index in [4.69, 9.17) is 9.72 Å². The monoisotopic (exact) mass is 494 g/mol. The van der Waals surface area contributed by atoms with E-state index in [0.717, 1.165) is 33.9 Å². The second-order valence-electron chi connectivity index (χ2n) is 11.2. The minimum absolute atomic E-state index is 0.0277. The highest BCUT2D eigenvalue weighted by molar-refractivity contribution is 5.88. The molecule has 0 bridgehead atoms. The molecule has 7 rings (SSSR count). The summed E-state index contributed by atoms with van der Waals surface area (Å²) >= 11 is 0. The molecule has 2 unspecified atom stereocenters. The number of rotatable bonds is 3. The van der Waals surface area contributed by atoms with Crippen LogP contribution in [0, 0.1) is 0 Å². The van der Waals surface area contributed by atoms with E-state index < -0.39 is 0 Å². The van der Waals surface area contributed by atoms with E-state index in [-0.39, 0.29) is 17.4 Å². The third-order valence-electron chi connectivity index (χ3n) is 7.73. The number of ether oxygens (including phenoxy) is 1. The van der Waals surface area contributed by atoms with Crippen LogP contribution < -0.4 is 4.74 Å². The Morgan fingerprint density at radius 1 is 0.763 bits per heavy atom. The summed E-state index contributed by atoms with van der Waals surface area (Å²) in [7, 11) is 0. The Kier molecular flexibility index (Phi) is 5.16. The summed E-state index contributed by atoms with van der Waals surface area (Å²) in [6.07, 6.45) is 8.60. The number of benzene rings is 4. The number of allylic oxidation sites excluding steroid dienone is 2. The zero-order valence-corrected chi connectivity index (χ0v) is 21.9. The molecule has 0 fully saturated rings. The third-order valence-corrected chi connectivity index (χ3v) is 7.73. The van der Waals surface area contributed by atoms with Crippen molar-refractivity contribution in [2.75, 3.05) is 0 Å². The fourth-order valence-electron chi connectivity index (χ4n) is 5.74. The van der Waals surface area contributed by atoms with E-state index in [2.05, 4.69) is 141 Å². The lowest BCUT2D eigenvalue weighted by molar-refractivity contribution is 0.269. The van der Waals surface area contributed by atoms with Crippen molar-refractivity contribution in [1.82, 2.24) is 9.55 Å². The topological polar surface area (TPSA) is 27.1 Å². The van der Waals surface area contributed by atoms with Gasteiger partial charge in [0.1, 0.15) is 17.7 Å². The highest BCUT2D eigenvalue weighted by Crippen LogP contribution is 2.47. The highest BCUT2D eigenvalue weighted by Gasteiger charge is 2.35. The van der Waals surface area contributed by atoms with Crippen LogP contribution in [0.4, 0.5) is 0 Å². The number of para-hydroxylation sites is 3. The minimum atomic E-state index is 0.0277. The van der Waals surface area contributed by atoms with Crippen molar-refractivity contribution in [2.24, 2.45) is 0 Å². The predicted molar refractivity (Wildman–Crippen MR) is 156 cm³/mol. The van der Waals surface area contributed by atoms with Gasteiger partial charge in [-0.05, 0) is 52.9 Å². The van der Waals surface area contributed by atoms with Gasteiger partial charge in [0.2, 0.25) is 0 Å². The van der Waals surface area contributed by atoms with Gasteiger partial charge in [-0.25, -0.2) is 4.98 Å². The predicted octanol–water partition coefficient (Wildman–Crippen LogP) is 8.63. The molecule has 1 aliphatic carbocycles. The summed E-state index contributed by atoms with van der Waals surface area (Å²) in [5, 5.41) is 0. The SMILES string of the molecule is CC(C)(C)c1ccc(-n2c(-c3cccc4c3OC3C=CC=CC43)nc3ccccc32)c(-c2ccccc2)c1. The molecule has 0 saturated heterocycles. The molecule has 0 amide bonds. The largest absolute Gasteiger partial charge is 0.484 e. The van der Waals surface area contributed by atoms with Gasteiger partial charge in [0, 0.05) is 17.0 Å². The van der Waals surface area contributed by atoms with Crippen LogP contribution >= 0.6 is 0 Å². The zero-order chi connectivity index (χ0) is 25.9. The molecule has 38 heavy (non-hydrogen) atoms. The summed E-state index contributed by atoms with van der Waals surface area (Å²) in [5.74, 6) is 2.07. The van der Waals surface area contributed by atoms with Crippen LogP contribution in [0.25, 0.3) is 39.2 Å². The molecule has 0 N–H and O–H groups in total. The van der Waals surface area contributed by atoms with Crippen LogP contribution in [0.5, 0.6) is 5.75 Å². The average molecular weight is 495 g/mol. The molecule has 5 aromatic rings. The lowest BCUT2D eigenvalue weighted by Crippen LogP contribution is -2.15. The van der Waals surface area contributed by atoms with Crippen LogP contribution in [0.1, 0.15) is 37.8 Å². The van der Waals surface area contributed by atoms with Crippen molar-refractivity contribution in [1.29, 1.82) is 0 Å². The highest BCUT2D eigenvalue weighted by atomic mass is 16.5. The van der Waals surface area contributed by atoms with Crippen LogP contribution in [0.15, 0.2) is 115 Å². The Hall–Kier alpha value is -4.37. The van der Waals surface area contributed by atoms with Crippen molar-refractivity contribution in [3.8, 4) is 34.0 Å². The summed E-state index contributed by atoms with van der Waals surface area (Å²) in [6.45, 7) is 6.80. The van der Waals surface area contributed by atoms with E-state index >= 15 is 0 Å². The molecule has 0 saturated carbocycles. The molecule has 1 aromatic heterocycles. The Bertz CT molecular complexity index is 1730. The van der Waals surface area contributed by atoms with Gasteiger partial charge in [0.05, 0.1) is 22.3 Å². The first-order chi connectivity index (χ1) is 18.5. The first-order valence-corrected chi connectivity index (χ1v) is 13.3. The number of hydrogen-bond acceptors (Lipinski definition) is 2. The fourth-order valence-corrected chi connectivity index (χ4v) is 5.74. The molecule has 0 spiro atoms. The molecule has 2 atom stereocenters. The third kappa shape index (κ3) is 3.61. The summed E-state index contributed by atoms with van der Waals surface area (Å²) < 4.78 is 8.89. The Labute approximate surface area is 223 Å². The molecule has 2 heterocycles. The number of imidazole rings is 1. The standard InChI is InChI=1S/C35H30N2O/c1-35(2,3)24-20-21-30(28(22-24)23-12-5-4-6-13-23)37-31-18-9-8-17-29(31)36-34(37)27-16-11-15-26-25-14-7-10-19-32(25)38-33(26)27/h4-22,25,32H,1-3H3. The average Bonchev–Trinajstić information content (AvgIpc) is 3.51. The fraction of sp³-hybridized carbons (Fsp3) is 0.171. The zero-order valence-electron chi connectivity index (χ0n) is 21.9. The van der Waals surface area contributed by atoms with Gasteiger partial charge in [-0.15, -0.1) is 0 Å². The summed E-state index contributed by atoms with van der Waals surface area (Å²) in [5.41, 5.74) is 9.12. The molecule has 3 heteroatoms. The second-order valence-corrected chi connectivity index (χ2v) is 11.2. The van der Waals surface area contributed by atoms with Gasteiger partial charge in [0.15, 0.2) is 0 Å². The number of aromatic nitrogens is 2. The molecule has 4 aromatic carbocycles. The van der Waals surface area contributed by atoms with Crippen LogP contribution in [0.2, 0.25) is 0 Å². The minimum Gasteiger partial charge on any atom is -0.484 e. The van der Waals surface area contributed by atoms with E-state index in [1.54, 1.807) is 0 Å². The van der Waals surface area contributed by atoms with E-state index in [1.165, 1.54) is 22.3 Å². The lowest BCUT2D eigenvalue weighted by Gasteiger charge is -2.23. The Morgan fingerprint density at radius 3 is 2.39 bits per heavy atom. The molecule has 3 nitrogen and oxygen atoms in total. The number of nitrogens with zero attached hydrogens (tertiary/aromatic N) is 2. The maximum atomic E-state index is 6.57. The first-order valence-electron chi connectivity index (χ1n) is 13.3. The van der Waals surface area contributed by atoms with Crippen molar-refractivity contribution in [3.05, 3.63) is 126 Å². The smallest absolute Gasteiger partial charge is 0.149 e. The normalized spacial score (nSPS) is 17.9. The van der Waals surface area contributed by atoms with Gasteiger partial charge in [0.25, 0.3) is 0 Å². The lowest BCUT2D eigenvalue weighted by atomic mass is 9.85. The van der Waals surface area contributed by atoms with Crippen molar-refractivity contribution in [3.63, 3.8) is 0 Å². The second kappa shape index (κ2) is 8.59. The quantitative estimate of drug-likeness (QED) is 0.251. The molecule has 1 aliphatic heterocycles. The van der Waals surface area contributed by atoms with Crippen molar-refractivity contribution in [2.45, 2.75) is 38.2 Å². The van der Waals surface area contributed by atoms with Crippen molar-refractivity contribution < 1.29 is 4.74 Å². The summed E-state index contributed by atoms with van der Waals surface area (Å²) in [6, 6.07) is 32.4. The Balaban J connectivity index is 1.51. The molecular formula is C35H30N2O. The van der Waals surface area contributed by atoms with Crippen molar-refractivity contribution >= 4 is 11.0 Å². The van der Waals surface area contributed by atoms with Gasteiger partial charge < -0.3 is 4.74 Å². The molecule has 0 radical (unpaired) electrons. The number of fused-ring (bicyclic) bond motifs is 4. The number of hydrogen-bond donors (Lipinski definition) is 0. The van der Waals surface area contributed by atoms with E-state index in [9.17, 15) is 0 Å². The van der Waals surface area contributed by atoms with E-state index in [0.29, 0.717) is 0 Å². The van der Waals surface area contributed by atoms with Crippen LogP contribution in [-0.4, -0.2) is 15.7 Å². The maximum Gasteiger partial charge on any atom is 0.149 e. The van der Waals surface area contributed by atoms with Gasteiger partial charge >= 0.3 is 0 Å². The van der Waals surface area contributed by atoms with Crippen LogP contribution in [0.3, 0.4) is 0 Å².